The monoisotopic (exact) mass is 268 g/mol. The largest absolute Gasteiger partial charge is 0.350 e. The lowest BCUT2D eigenvalue weighted by molar-refractivity contribution is -0.124. The molecule has 0 bridgehead atoms. The number of alkyl halides is 2. The van der Waals surface area contributed by atoms with E-state index in [2.05, 4.69) is 5.32 Å². The molecule has 2 rings (SSSR count). The number of nitrogens with two attached hydrogens (primary N) is 1. The van der Waals surface area contributed by atoms with Crippen molar-refractivity contribution in [1.82, 2.24) is 5.32 Å². The molecule has 1 aliphatic rings. The molecular formula is C14H18F2N2O. The maximum Gasteiger partial charge on any atom is 0.277 e. The molecule has 1 aliphatic carbocycles. The Hall–Kier alpha value is -1.49. The molecule has 1 aromatic rings. The maximum atomic E-state index is 12.9. The van der Waals surface area contributed by atoms with E-state index in [1.54, 1.807) is 0 Å². The Morgan fingerprint density at radius 2 is 2.16 bits per heavy atom. The lowest BCUT2D eigenvalue weighted by Crippen LogP contribution is -2.42. The fourth-order valence-corrected chi connectivity index (χ4v) is 2.25. The van der Waals surface area contributed by atoms with Gasteiger partial charge in [0.15, 0.2) is 0 Å². The van der Waals surface area contributed by atoms with Crippen LogP contribution in [0.15, 0.2) is 24.3 Å². The van der Waals surface area contributed by atoms with E-state index in [1.165, 1.54) is 0 Å². The van der Waals surface area contributed by atoms with Gasteiger partial charge in [-0.25, -0.2) is 8.78 Å². The van der Waals surface area contributed by atoms with Crippen molar-refractivity contribution >= 4 is 5.91 Å². The normalized spacial score (nSPS) is 22.1. The second-order valence-electron chi connectivity index (χ2n) is 5.08. The zero-order chi connectivity index (χ0) is 14.0. The molecule has 2 atom stereocenters. The van der Waals surface area contributed by atoms with Crippen molar-refractivity contribution in [2.75, 3.05) is 13.1 Å². The van der Waals surface area contributed by atoms with Crippen molar-refractivity contribution in [1.29, 1.82) is 0 Å². The van der Waals surface area contributed by atoms with Crippen LogP contribution in [-0.4, -0.2) is 24.9 Å². The minimum atomic E-state index is -3.03. The first-order chi connectivity index (χ1) is 8.94. The standard InChI is InChI=1S/C14H18F2N2O/c1-9-4-2-3-5-10(9)11-6-12(11)13(19)18-8-14(15,16)7-17/h2-5,11-12H,6-8,17H2,1H3,(H,18,19). The number of nitrogens with one attached hydrogen (secondary N) is 1. The molecule has 0 aromatic heterocycles. The van der Waals surface area contributed by atoms with Crippen molar-refractivity contribution in [2.45, 2.75) is 25.2 Å². The van der Waals surface area contributed by atoms with Crippen molar-refractivity contribution < 1.29 is 13.6 Å². The number of hydrogen-bond acceptors (Lipinski definition) is 2. The van der Waals surface area contributed by atoms with E-state index in [1.807, 2.05) is 31.2 Å². The first kappa shape index (κ1) is 13.9. The third-order valence-electron chi connectivity index (χ3n) is 3.54. The van der Waals surface area contributed by atoms with Gasteiger partial charge in [0.2, 0.25) is 5.91 Å². The van der Waals surface area contributed by atoms with E-state index in [0.717, 1.165) is 17.5 Å². The first-order valence-corrected chi connectivity index (χ1v) is 6.36. The number of benzene rings is 1. The van der Waals surface area contributed by atoms with Gasteiger partial charge in [-0.1, -0.05) is 24.3 Å². The number of rotatable bonds is 5. The summed E-state index contributed by atoms with van der Waals surface area (Å²) in [5.74, 6) is -3.35. The summed E-state index contributed by atoms with van der Waals surface area (Å²) >= 11 is 0. The van der Waals surface area contributed by atoms with Gasteiger partial charge in [-0.3, -0.25) is 4.79 Å². The van der Waals surface area contributed by atoms with Crippen LogP contribution in [0.4, 0.5) is 8.78 Å². The molecule has 3 nitrogen and oxygen atoms in total. The summed E-state index contributed by atoms with van der Waals surface area (Å²) in [6.45, 7) is 0.559. The van der Waals surface area contributed by atoms with Crippen LogP contribution in [0.3, 0.4) is 0 Å². The summed E-state index contributed by atoms with van der Waals surface area (Å²) in [6, 6.07) is 7.85. The Bertz CT molecular complexity index is 476. The van der Waals surface area contributed by atoms with Crippen molar-refractivity contribution in [3.05, 3.63) is 35.4 Å². The molecule has 0 saturated heterocycles. The van der Waals surface area contributed by atoms with Crippen molar-refractivity contribution in [2.24, 2.45) is 11.7 Å². The summed E-state index contributed by atoms with van der Waals surface area (Å²) in [7, 11) is 0. The van der Waals surface area contributed by atoms with Crippen LogP contribution < -0.4 is 11.1 Å². The third-order valence-corrected chi connectivity index (χ3v) is 3.54. The van der Waals surface area contributed by atoms with E-state index in [4.69, 9.17) is 5.73 Å². The van der Waals surface area contributed by atoms with E-state index >= 15 is 0 Å². The Balaban J connectivity index is 1.89. The number of amides is 1. The van der Waals surface area contributed by atoms with Gasteiger partial charge in [0.1, 0.15) is 0 Å². The molecule has 3 N–H and O–H groups in total. The van der Waals surface area contributed by atoms with Gasteiger partial charge in [-0.05, 0) is 30.4 Å². The molecule has 1 saturated carbocycles. The maximum absolute atomic E-state index is 12.9. The second kappa shape index (κ2) is 5.25. The molecule has 1 aromatic carbocycles. The summed E-state index contributed by atoms with van der Waals surface area (Å²) in [5, 5.41) is 2.29. The summed E-state index contributed by atoms with van der Waals surface area (Å²) < 4.78 is 25.9. The molecule has 0 spiro atoms. The fraction of sp³-hybridized carbons (Fsp3) is 0.500. The predicted molar refractivity (Wildman–Crippen MR) is 69.0 cm³/mol. The lowest BCUT2D eigenvalue weighted by Gasteiger charge is -2.14. The third kappa shape index (κ3) is 3.29. The SMILES string of the molecule is Cc1ccccc1C1CC1C(=O)NCC(F)(F)CN. The molecule has 1 amide bonds. The minimum absolute atomic E-state index is 0.160. The van der Waals surface area contributed by atoms with Gasteiger partial charge < -0.3 is 11.1 Å². The van der Waals surface area contributed by atoms with Gasteiger partial charge >= 0.3 is 0 Å². The minimum Gasteiger partial charge on any atom is -0.350 e. The van der Waals surface area contributed by atoms with Crippen molar-refractivity contribution in [3.8, 4) is 0 Å². The van der Waals surface area contributed by atoms with Crippen LogP contribution >= 0.6 is 0 Å². The van der Waals surface area contributed by atoms with Crippen LogP contribution in [0.5, 0.6) is 0 Å². The highest BCUT2D eigenvalue weighted by Gasteiger charge is 2.45. The quantitative estimate of drug-likeness (QED) is 0.855. The number of halogens is 2. The molecule has 104 valence electrons. The molecule has 2 unspecified atom stereocenters. The van der Waals surface area contributed by atoms with Crippen LogP contribution in [0.2, 0.25) is 0 Å². The first-order valence-electron chi connectivity index (χ1n) is 6.36. The van der Waals surface area contributed by atoms with Gasteiger partial charge in [0, 0.05) is 5.92 Å². The number of aryl methyl sites for hydroxylation is 1. The van der Waals surface area contributed by atoms with Crippen LogP contribution in [0, 0.1) is 12.8 Å². The Labute approximate surface area is 111 Å². The van der Waals surface area contributed by atoms with Crippen LogP contribution in [-0.2, 0) is 4.79 Å². The molecule has 5 heteroatoms. The van der Waals surface area contributed by atoms with Gasteiger partial charge in [-0.15, -0.1) is 0 Å². The van der Waals surface area contributed by atoms with Crippen LogP contribution in [0.1, 0.15) is 23.5 Å². The zero-order valence-electron chi connectivity index (χ0n) is 10.8. The molecule has 1 fully saturated rings. The predicted octanol–water partition coefficient (Wildman–Crippen LogP) is 1.81. The summed E-state index contributed by atoms with van der Waals surface area (Å²) in [6.07, 6.45) is 0.727. The topological polar surface area (TPSA) is 55.1 Å². The fourth-order valence-electron chi connectivity index (χ4n) is 2.25. The van der Waals surface area contributed by atoms with E-state index < -0.39 is 19.0 Å². The molecule has 0 radical (unpaired) electrons. The average molecular weight is 268 g/mol. The smallest absolute Gasteiger partial charge is 0.277 e. The Morgan fingerprint density at radius 3 is 2.79 bits per heavy atom. The Morgan fingerprint density at radius 1 is 1.47 bits per heavy atom. The van der Waals surface area contributed by atoms with E-state index in [0.29, 0.717) is 0 Å². The number of carbonyl (C=O) groups excluding carboxylic acids is 1. The van der Waals surface area contributed by atoms with Crippen LogP contribution in [0.25, 0.3) is 0 Å². The molecule has 0 aliphatic heterocycles. The highest BCUT2D eigenvalue weighted by atomic mass is 19.3. The van der Waals surface area contributed by atoms with Gasteiger partial charge in [-0.2, -0.15) is 0 Å². The summed E-state index contributed by atoms with van der Waals surface area (Å²) in [5.41, 5.74) is 7.19. The van der Waals surface area contributed by atoms with Gasteiger partial charge in [0.05, 0.1) is 13.1 Å². The highest BCUT2D eigenvalue weighted by Crippen LogP contribution is 2.48. The zero-order valence-corrected chi connectivity index (χ0v) is 10.8. The van der Waals surface area contributed by atoms with E-state index in [9.17, 15) is 13.6 Å². The number of carbonyl (C=O) groups is 1. The average Bonchev–Trinajstić information content (AvgIpc) is 3.17. The van der Waals surface area contributed by atoms with Crippen molar-refractivity contribution in [3.63, 3.8) is 0 Å². The summed E-state index contributed by atoms with van der Waals surface area (Å²) in [4.78, 5) is 11.8. The lowest BCUT2D eigenvalue weighted by atomic mass is 10.0. The highest BCUT2D eigenvalue weighted by molar-refractivity contribution is 5.83. The molecule has 0 heterocycles. The second-order valence-corrected chi connectivity index (χ2v) is 5.08. The number of hydrogen-bond donors (Lipinski definition) is 2. The van der Waals surface area contributed by atoms with E-state index in [-0.39, 0.29) is 17.7 Å². The Kier molecular flexibility index (Phi) is 3.85. The van der Waals surface area contributed by atoms with Gasteiger partial charge in [0.25, 0.3) is 5.92 Å². The molecule has 19 heavy (non-hydrogen) atoms. The molecular weight excluding hydrogens is 250 g/mol.